The number of benzene rings is 2. The maximum absolute atomic E-state index is 6.39. The number of ether oxygens (including phenoxy) is 2. The van der Waals surface area contributed by atoms with Crippen LogP contribution in [0.1, 0.15) is 30.5 Å². The van der Waals surface area contributed by atoms with E-state index in [0.717, 1.165) is 17.7 Å². The van der Waals surface area contributed by atoms with E-state index in [-0.39, 0.29) is 0 Å². The lowest BCUT2D eigenvalue weighted by Crippen LogP contribution is -2.21. The van der Waals surface area contributed by atoms with Crippen LogP contribution in [0.4, 0.5) is 0 Å². The monoisotopic (exact) mass is 333 g/mol. The molecule has 0 atom stereocenters. The van der Waals surface area contributed by atoms with Gasteiger partial charge in [0.2, 0.25) is 0 Å². The SMILES string of the molecule is COc1cc(CNC(C)C)cc(Cl)c1OCc1ccc(C)cc1. The van der Waals surface area contributed by atoms with Crippen molar-refractivity contribution in [2.45, 2.75) is 40.0 Å². The Bertz CT molecular complexity index is 639. The van der Waals surface area contributed by atoms with Crippen LogP contribution in [0, 0.1) is 6.92 Å². The van der Waals surface area contributed by atoms with Gasteiger partial charge in [0.05, 0.1) is 12.1 Å². The van der Waals surface area contributed by atoms with Gasteiger partial charge in [0.25, 0.3) is 0 Å². The Morgan fingerprint density at radius 1 is 1.09 bits per heavy atom. The molecule has 0 fully saturated rings. The average Bonchev–Trinajstić information content (AvgIpc) is 2.53. The van der Waals surface area contributed by atoms with Gasteiger partial charge in [0.1, 0.15) is 6.61 Å². The molecule has 0 aliphatic rings. The topological polar surface area (TPSA) is 30.5 Å². The summed E-state index contributed by atoms with van der Waals surface area (Å²) in [5.74, 6) is 1.24. The van der Waals surface area contributed by atoms with Gasteiger partial charge in [-0.25, -0.2) is 0 Å². The molecule has 0 heterocycles. The van der Waals surface area contributed by atoms with Crippen LogP contribution in [0.3, 0.4) is 0 Å². The minimum atomic E-state index is 0.414. The molecule has 2 rings (SSSR count). The highest BCUT2D eigenvalue weighted by Crippen LogP contribution is 2.37. The van der Waals surface area contributed by atoms with Crippen LogP contribution >= 0.6 is 11.6 Å². The highest BCUT2D eigenvalue weighted by atomic mass is 35.5. The van der Waals surface area contributed by atoms with Gasteiger partial charge >= 0.3 is 0 Å². The highest BCUT2D eigenvalue weighted by molar-refractivity contribution is 6.32. The van der Waals surface area contributed by atoms with Crippen LogP contribution in [-0.2, 0) is 13.2 Å². The zero-order valence-electron chi connectivity index (χ0n) is 14.2. The molecule has 2 aromatic rings. The first kappa shape index (κ1) is 17.6. The summed E-state index contributed by atoms with van der Waals surface area (Å²) in [5, 5.41) is 3.93. The van der Waals surface area contributed by atoms with E-state index in [4.69, 9.17) is 21.1 Å². The fourth-order valence-electron chi connectivity index (χ4n) is 2.18. The van der Waals surface area contributed by atoms with E-state index in [1.807, 2.05) is 12.1 Å². The van der Waals surface area contributed by atoms with Crippen LogP contribution < -0.4 is 14.8 Å². The minimum Gasteiger partial charge on any atom is -0.493 e. The van der Waals surface area contributed by atoms with E-state index in [0.29, 0.717) is 29.2 Å². The molecular weight excluding hydrogens is 310 g/mol. The van der Waals surface area contributed by atoms with Crippen molar-refractivity contribution in [1.82, 2.24) is 5.32 Å². The Balaban J connectivity index is 2.12. The van der Waals surface area contributed by atoms with Crippen molar-refractivity contribution in [2.75, 3.05) is 7.11 Å². The van der Waals surface area contributed by atoms with Gasteiger partial charge in [0, 0.05) is 12.6 Å². The molecule has 0 bridgehead atoms. The summed E-state index contributed by atoms with van der Waals surface area (Å²) in [4.78, 5) is 0. The molecule has 23 heavy (non-hydrogen) atoms. The molecule has 0 aliphatic heterocycles. The van der Waals surface area contributed by atoms with Crippen LogP contribution in [0.25, 0.3) is 0 Å². The third kappa shape index (κ3) is 5.15. The number of halogens is 1. The van der Waals surface area contributed by atoms with Gasteiger partial charge in [-0.05, 0) is 30.2 Å². The predicted molar refractivity (Wildman–Crippen MR) is 95.5 cm³/mol. The third-order valence-electron chi connectivity index (χ3n) is 3.51. The van der Waals surface area contributed by atoms with Crippen molar-refractivity contribution in [3.8, 4) is 11.5 Å². The van der Waals surface area contributed by atoms with E-state index in [1.165, 1.54) is 5.56 Å². The molecule has 4 heteroatoms. The Kier molecular flexibility index (Phi) is 6.31. The summed E-state index contributed by atoms with van der Waals surface area (Å²) in [7, 11) is 1.63. The minimum absolute atomic E-state index is 0.414. The second kappa shape index (κ2) is 8.23. The number of rotatable bonds is 7. The maximum Gasteiger partial charge on any atom is 0.180 e. The van der Waals surface area contributed by atoms with E-state index in [2.05, 4.69) is 50.4 Å². The van der Waals surface area contributed by atoms with Crippen LogP contribution in [0.2, 0.25) is 5.02 Å². The molecule has 124 valence electrons. The highest BCUT2D eigenvalue weighted by Gasteiger charge is 2.12. The summed E-state index contributed by atoms with van der Waals surface area (Å²) in [6.07, 6.45) is 0. The lowest BCUT2D eigenvalue weighted by molar-refractivity contribution is 0.284. The van der Waals surface area contributed by atoms with Gasteiger partial charge < -0.3 is 14.8 Å². The van der Waals surface area contributed by atoms with Gasteiger partial charge in [0.15, 0.2) is 11.5 Å². The number of aryl methyl sites for hydroxylation is 1. The van der Waals surface area contributed by atoms with Crippen molar-refractivity contribution < 1.29 is 9.47 Å². The normalized spacial score (nSPS) is 10.9. The molecule has 0 amide bonds. The van der Waals surface area contributed by atoms with Crippen LogP contribution in [0.5, 0.6) is 11.5 Å². The number of hydrogen-bond donors (Lipinski definition) is 1. The summed E-state index contributed by atoms with van der Waals surface area (Å²) in [5.41, 5.74) is 3.40. The zero-order valence-corrected chi connectivity index (χ0v) is 14.9. The van der Waals surface area contributed by atoms with E-state index < -0.39 is 0 Å². The van der Waals surface area contributed by atoms with Crippen LogP contribution in [-0.4, -0.2) is 13.2 Å². The Morgan fingerprint density at radius 3 is 2.39 bits per heavy atom. The molecule has 0 radical (unpaired) electrons. The molecule has 2 aromatic carbocycles. The van der Waals surface area contributed by atoms with Crippen molar-refractivity contribution in [3.63, 3.8) is 0 Å². The number of nitrogens with one attached hydrogen (secondary N) is 1. The standard InChI is InChI=1S/C19H24ClNO2/c1-13(2)21-11-16-9-17(20)19(18(10-16)22-4)23-12-15-7-5-14(3)6-8-15/h5-10,13,21H,11-12H2,1-4H3. The summed E-state index contributed by atoms with van der Waals surface area (Å²) < 4.78 is 11.3. The Labute approximate surface area is 143 Å². The summed E-state index contributed by atoms with van der Waals surface area (Å²) in [6.45, 7) is 7.48. The van der Waals surface area contributed by atoms with Crippen LogP contribution in [0.15, 0.2) is 36.4 Å². The summed E-state index contributed by atoms with van der Waals surface area (Å²) in [6, 6.07) is 12.5. The molecule has 0 spiro atoms. The third-order valence-corrected chi connectivity index (χ3v) is 3.79. The molecule has 0 saturated heterocycles. The van der Waals surface area contributed by atoms with Crippen molar-refractivity contribution in [1.29, 1.82) is 0 Å². The molecule has 0 unspecified atom stereocenters. The Hall–Kier alpha value is -1.71. The molecular formula is C19H24ClNO2. The largest absolute Gasteiger partial charge is 0.493 e. The lowest BCUT2D eigenvalue weighted by Gasteiger charge is -2.15. The van der Waals surface area contributed by atoms with Gasteiger partial charge in [-0.1, -0.05) is 55.3 Å². The fraction of sp³-hybridized carbons (Fsp3) is 0.368. The smallest absolute Gasteiger partial charge is 0.180 e. The zero-order chi connectivity index (χ0) is 16.8. The first-order valence-corrected chi connectivity index (χ1v) is 8.15. The molecule has 0 aliphatic carbocycles. The van der Waals surface area contributed by atoms with Gasteiger partial charge in [-0.2, -0.15) is 0 Å². The lowest BCUT2D eigenvalue weighted by atomic mass is 10.1. The van der Waals surface area contributed by atoms with Gasteiger partial charge in [-0.15, -0.1) is 0 Å². The van der Waals surface area contributed by atoms with Crippen molar-refractivity contribution in [2.24, 2.45) is 0 Å². The molecule has 0 aromatic heterocycles. The first-order valence-electron chi connectivity index (χ1n) is 7.77. The van der Waals surface area contributed by atoms with Crippen molar-refractivity contribution >= 4 is 11.6 Å². The van der Waals surface area contributed by atoms with Crippen molar-refractivity contribution in [3.05, 3.63) is 58.1 Å². The second-order valence-electron chi connectivity index (χ2n) is 5.92. The quantitative estimate of drug-likeness (QED) is 0.794. The molecule has 0 saturated carbocycles. The summed E-state index contributed by atoms with van der Waals surface area (Å²) >= 11 is 6.39. The molecule has 3 nitrogen and oxygen atoms in total. The predicted octanol–water partition coefficient (Wildman–Crippen LogP) is 4.73. The van der Waals surface area contributed by atoms with E-state index in [9.17, 15) is 0 Å². The number of hydrogen-bond acceptors (Lipinski definition) is 3. The first-order chi connectivity index (χ1) is 11.0. The van der Waals surface area contributed by atoms with E-state index >= 15 is 0 Å². The van der Waals surface area contributed by atoms with Gasteiger partial charge in [-0.3, -0.25) is 0 Å². The fourth-order valence-corrected chi connectivity index (χ4v) is 2.46. The van der Waals surface area contributed by atoms with E-state index in [1.54, 1.807) is 7.11 Å². The maximum atomic E-state index is 6.39. The molecule has 1 N–H and O–H groups in total. The Morgan fingerprint density at radius 2 is 1.78 bits per heavy atom. The second-order valence-corrected chi connectivity index (χ2v) is 6.33. The average molecular weight is 334 g/mol. The number of methoxy groups -OCH3 is 1.